The van der Waals surface area contributed by atoms with Crippen molar-refractivity contribution >= 4 is 23.0 Å². The molecule has 0 spiro atoms. The van der Waals surface area contributed by atoms with Gasteiger partial charge in [-0.3, -0.25) is 14.9 Å². The van der Waals surface area contributed by atoms with Crippen LogP contribution in [0.5, 0.6) is 0 Å². The van der Waals surface area contributed by atoms with Gasteiger partial charge in [-0.15, -0.1) is 0 Å². The third kappa shape index (κ3) is 2.10. The van der Waals surface area contributed by atoms with E-state index in [0.717, 1.165) is 5.56 Å². The van der Waals surface area contributed by atoms with Crippen LogP contribution in [0.3, 0.4) is 0 Å². The van der Waals surface area contributed by atoms with Crippen molar-refractivity contribution in [1.82, 2.24) is 0 Å². The van der Waals surface area contributed by atoms with Crippen LogP contribution in [0.2, 0.25) is 0 Å². The lowest BCUT2D eigenvalue weighted by Gasteiger charge is -2.18. The molecule has 21 heavy (non-hydrogen) atoms. The molecule has 0 saturated heterocycles. The summed E-state index contributed by atoms with van der Waals surface area (Å²) in [6.45, 7) is 0.481. The Balaban J connectivity index is 2.05. The molecule has 6 heteroatoms. The molecule has 0 bridgehead atoms. The van der Waals surface area contributed by atoms with Crippen molar-refractivity contribution in [2.75, 3.05) is 17.2 Å². The average molecular weight is 283 g/mol. The van der Waals surface area contributed by atoms with E-state index < -0.39 is 4.92 Å². The maximum absolute atomic E-state index is 12.7. The SMILES string of the molecule is Nc1cccc2c1N(C(=O)c1ccccc1[N+](=O)[O-])CC2. The van der Waals surface area contributed by atoms with Crippen molar-refractivity contribution in [2.24, 2.45) is 0 Å². The minimum Gasteiger partial charge on any atom is -0.397 e. The first kappa shape index (κ1) is 13.1. The Morgan fingerprint density at radius 2 is 1.95 bits per heavy atom. The third-order valence-corrected chi connectivity index (χ3v) is 3.60. The lowest BCUT2D eigenvalue weighted by atomic mass is 10.1. The first-order valence-electron chi connectivity index (χ1n) is 6.52. The van der Waals surface area contributed by atoms with Crippen LogP contribution in [0.1, 0.15) is 15.9 Å². The van der Waals surface area contributed by atoms with Crippen LogP contribution >= 0.6 is 0 Å². The van der Waals surface area contributed by atoms with Crippen LogP contribution in [0, 0.1) is 10.1 Å². The molecule has 0 unspecified atom stereocenters. The summed E-state index contributed by atoms with van der Waals surface area (Å²) in [5.74, 6) is -0.390. The Morgan fingerprint density at radius 1 is 1.19 bits per heavy atom. The Morgan fingerprint density at radius 3 is 2.71 bits per heavy atom. The van der Waals surface area contributed by atoms with Crippen molar-refractivity contribution in [1.29, 1.82) is 0 Å². The fraction of sp³-hybridized carbons (Fsp3) is 0.133. The van der Waals surface area contributed by atoms with Crippen LogP contribution in [-0.4, -0.2) is 17.4 Å². The standard InChI is InChI=1S/C15H13N3O3/c16-12-6-3-4-10-8-9-17(14(10)12)15(19)11-5-1-2-7-13(11)18(20)21/h1-7H,8-9,16H2. The molecule has 3 rings (SSSR count). The molecule has 1 aliphatic heterocycles. The zero-order valence-electron chi connectivity index (χ0n) is 11.2. The van der Waals surface area contributed by atoms with Gasteiger partial charge in [0.1, 0.15) is 5.56 Å². The first-order chi connectivity index (χ1) is 10.1. The summed E-state index contributed by atoms with van der Waals surface area (Å²) in [5.41, 5.74) is 8.01. The van der Waals surface area contributed by atoms with E-state index in [9.17, 15) is 14.9 Å². The largest absolute Gasteiger partial charge is 0.397 e. The second-order valence-electron chi connectivity index (χ2n) is 4.84. The molecule has 1 aliphatic rings. The van der Waals surface area contributed by atoms with Gasteiger partial charge in [-0.1, -0.05) is 24.3 Å². The number of nitro groups is 1. The monoisotopic (exact) mass is 283 g/mol. The van der Waals surface area contributed by atoms with Crippen LogP contribution in [0.4, 0.5) is 17.1 Å². The van der Waals surface area contributed by atoms with Gasteiger partial charge in [-0.05, 0) is 24.1 Å². The van der Waals surface area contributed by atoms with E-state index in [4.69, 9.17) is 5.73 Å². The number of para-hydroxylation sites is 2. The summed E-state index contributed by atoms with van der Waals surface area (Å²) in [6.07, 6.45) is 0.701. The average Bonchev–Trinajstić information content (AvgIpc) is 2.92. The Kier molecular flexibility index (Phi) is 3.06. The van der Waals surface area contributed by atoms with Gasteiger partial charge in [-0.25, -0.2) is 0 Å². The second-order valence-corrected chi connectivity index (χ2v) is 4.84. The van der Waals surface area contributed by atoms with Crippen LogP contribution < -0.4 is 10.6 Å². The number of carbonyl (C=O) groups is 1. The fourth-order valence-corrected chi connectivity index (χ4v) is 2.65. The van der Waals surface area contributed by atoms with Crippen molar-refractivity contribution in [3.63, 3.8) is 0 Å². The smallest absolute Gasteiger partial charge is 0.282 e. The fourth-order valence-electron chi connectivity index (χ4n) is 2.65. The number of nitrogens with zero attached hydrogens (tertiary/aromatic N) is 2. The normalized spacial score (nSPS) is 13.0. The van der Waals surface area contributed by atoms with Gasteiger partial charge in [0.15, 0.2) is 0 Å². The number of benzene rings is 2. The number of carbonyl (C=O) groups excluding carboxylic acids is 1. The van der Waals surface area contributed by atoms with Crippen molar-refractivity contribution < 1.29 is 9.72 Å². The van der Waals surface area contributed by atoms with E-state index in [1.807, 2.05) is 12.1 Å². The maximum Gasteiger partial charge on any atom is 0.282 e. The minimum atomic E-state index is -0.543. The highest BCUT2D eigenvalue weighted by Gasteiger charge is 2.30. The predicted molar refractivity (Wildman–Crippen MR) is 79.3 cm³/mol. The zero-order valence-corrected chi connectivity index (χ0v) is 11.2. The molecule has 0 fully saturated rings. The molecule has 1 heterocycles. The summed E-state index contributed by atoms with van der Waals surface area (Å²) in [6, 6.07) is 11.4. The highest BCUT2D eigenvalue weighted by Crippen LogP contribution is 2.35. The molecule has 6 nitrogen and oxygen atoms in total. The van der Waals surface area contributed by atoms with E-state index in [1.165, 1.54) is 17.0 Å². The second kappa shape index (κ2) is 4.90. The summed E-state index contributed by atoms with van der Waals surface area (Å²) in [4.78, 5) is 24.7. The molecular formula is C15H13N3O3. The van der Waals surface area contributed by atoms with Gasteiger partial charge in [0.25, 0.3) is 11.6 Å². The zero-order chi connectivity index (χ0) is 15.0. The summed E-state index contributed by atoms with van der Waals surface area (Å²) >= 11 is 0. The molecule has 0 atom stereocenters. The number of nitrogens with two attached hydrogens (primary N) is 1. The van der Waals surface area contributed by atoms with Gasteiger partial charge in [0, 0.05) is 12.6 Å². The summed E-state index contributed by atoms with van der Waals surface area (Å²) in [7, 11) is 0. The van der Waals surface area contributed by atoms with Crippen molar-refractivity contribution in [3.05, 3.63) is 63.7 Å². The molecule has 2 N–H and O–H groups in total. The van der Waals surface area contributed by atoms with Crippen molar-refractivity contribution in [3.8, 4) is 0 Å². The first-order valence-corrected chi connectivity index (χ1v) is 6.52. The van der Waals surface area contributed by atoms with Gasteiger partial charge >= 0.3 is 0 Å². The number of nitro benzene ring substituents is 1. The molecule has 0 saturated carbocycles. The van der Waals surface area contributed by atoms with E-state index in [-0.39, 0.29) is 17.2 Å². The van der Waals surface area contributed by atoms with E-state index >= 15 is 0 Å². The Hall–Kier alpha value is -2.89. The molecule has 106 valence electrons. The minimum absolute atomic E-state index is 0.0820. The number of fused-ring (bicyclic) bond motifs is 1. The van der Waals surface area contributed by atoms with Gasteiger partial charge in [0.05, 0.1) is 16.3 Å². The maximum atomic E-state index is 12.7. The Bertz CT molecular complexity index is 743. The molecular weight excluding hydrogens is 270 g/mol. The van der Waals surface area contributed by atoms with E-state index in [1.54, 1.807) is 18.2 Å². The third-order valence-electron chi connectivity index (χ3n) is 3.60. The quantitative estimate of drug-likeness (QED) is 0.520. The van der Waals surface area contributed by atoms with E-state index in [2.05, 4.69) is 0 Å². The highest BCUT2D eigenvalue weighted by molar-refractivity contribution is 6.11. The predicted octanol–water partition coefficient (Wildman–Crippen LogP) is 2.38. The molecule has 2 aromatic rings. The van der Waals surface area contributed by atoms with Crippen LogP contribution in [-0.2, 0) is 6.42 Å². The van der Waals surface area contributed by atoms with Crippen molar-refractivity contribution in [2.45, 2.75) is 6.42 Å². The summed E-state index contributed by atoms with van der Waals surface area (Å²) < 4.78 is 0. The van der Waals surface area contributed by atoms with Crippen LogP contribution in [0.15, 0.2) is 42.5 Å². The highest BCUT2D eigenvalue weighted by atomic mass is 16.6. The number of hydrogen-bond acceptors (Lipinski definition) is 4. The number of amides is 1. The van der Waals surface area contributed by atoms with Gasteiger partial charge in [-0.2, -0.15) is 0 Å². The topological polar surface area (TPSA) is 89.5 Å². The van der Waals surface area contributed by atoms with Crippen LogP contribution in [0.25, 0.3) is 0 Å². The summed E-state index contributed by atoms with van der Waals surface area (Å²) in [5, 5.41) is 11.1. The molecule has 1 amide bonds. The lowest BCUT2D eigenvalue weighted by Crippen LogP contribution is -2.30. The van der Waals surface area contributed by atoms with Gasteiger partial charge < -0.3 is 10.6 Å². The number of hydrogen-bond donors (Lipinski definition) is 1. The molecule has 2 aromatic carbocycles. The number of anilines is 2. The molecule has 0 aliphatic carbocycles. The number of rotatable bonds is 2. The lowest BCUT2D eigenvalue weighted by molar-refractivity contribution is -0.385. The van der Waals surface area contributed by atoms with E-state index in [0.29, 0.717) is 24.3 Å². The Labute approximate surface area is 120 Å². The van der Waals surface area contributed by atoms with Gasteiger partial charge in [0.2, 0.25) is 0 Å². The molecule has 0 aromatic heterocycles. The molecule has 0 radical (unpaired) electrons. The number of nitrogen functional groups attached to an aromatic ring is 1.